The third-order valence-corrected chi connectivity index (χ3v) is 3.30. The maximum absolute atomic E-state index is 10.2. The van der Waals surface area contributed by atoms with Crippen molar-refractivity contribution >= 4 is 26.9 Å². The predicted molar refractivity (Wildman–Crippen MR) is 47.5 cm³/mol. The Labute approximate surface area is 76.9 Å². The molecule has 0 aromatic heterocycles. The second-order valence-corrected chi connectivity index (χ2v) is 4.85. The molecule has 1 aliphatic rings. The van der Waals surface area contributed by atoms with Crippen molar-refractivity contribution in [2.45, 2.75) is 15.9 Å². The first-order chi connectivity index (χ1) is 5.36. The Morgan fingerprint density at radius 2 is 2.45 bits per heavy atom. The van der Waals surface area contributed by atoms with Gasteiger partial charge >= 0.3 is 76.9 Å². The van der Waals surface area contributed by atoms with Crippen LogP contribution in [0.5, 0.6) is 0 Å². The summed E-state index contributed by atoms with van der Waals surface area (Å²) in [5.41, 5.74) is 2.17. The summed E-state index contributed by atoms with van der Waals surface area (Å²) in [6.45, 7) is 0. The van der Waals surface area contributed by atoms with E-state index in [0.29, 0.717) is 0 Å². The molecule has 2 heteroatoms. The second kappa shape index (κ2) is 4.57. The number of allylic oxidation sites excluding steroid dienone is 5. The molecule has 0 N–H and O–H groups in total. The molecule has 1 rings (SSSR count). The monoisotopic (exact) mass is 264 g/mol. The first-order valence-corrected chi connectivity index (χ1v) is 7.44. The molecular weight excluding hydrogens is 252 g/mol. The van der Waals surface area contributed by atoms with Gasteiger partial charge in [0.25, 0.3) is 0 Å². The van der Waals surface area contributed by atoms with Crippen LogP contribution in [0.25, 0.3) is 0 Å². The van der Waals surface area contributed by atoms with Crippen LogP contribution in [-0.2, 0) is 4.79 Å². The van der Waals surface area contributed by atoms with Crippen LogP contribution >= 0.6 is 0 Å². The van der Waals surface area contributed by atoms with E-state index in [1.165, 1.54) is 10.0 Å². The summed E-state index contributed by atoms with van der Waals surface area (Å²) < 4.78 is 1.24. The van der Waals surface area contributed by atoms with Crippen molar-refractivity contribution in [2.75, 3.05) is 0 Å². The van der Waals surface area contributed by atoms with Crippen molar-refractivity contribution in [3.05, 3.63) is 29.4 Å². The molecule has 0 aromatic rings. The topological polar surface area (TPSA) is 17.1 Å². The fourth-order valence-electron chi connectivity index (χ4n) is 0.934. The Balaban J connectivity index is 2.59. The van der Waals surface area contributed by atoms with Crippen LogP contribution in [0.2, 0.25) is 9.44 Å². The molecule has 0 aliphatic heterocycles. The molecule has 0 bridgehead atoms. The van der Waals surface area contributed by atoms with E-state index < -0.39 is 0 Å². The van der Waals surface area contributed by atoms with Gasteiger partial charge in [0, 0.05) is 0 Å². The van der Waals surface area contributed by atoms with Crippen molar-refractivity contribution in [1.29, 1.82) is 0 Å². The zero-order valence-corrected chi connectivity index (χ0v) is 8.79. The predicted octanol–water partition coefficient (Wildman–Crippen LogP) is 1.80. The van der Waals surface area contributed by atoms with E-state index in [1.54, 1.807) is 0 Å². The Kier molecular flexibility index (Phi) is 3.66. The SMILES string of the molecule is C[Te]CC1=CCC(=C=O)C=C1. The summed E-state index contributed by atoms with van der Waals surface area (Å²) in [6.07, 6.45) is 6.83. The third-order valence-electron chi connectivity index (χ3n) is 1.52. The Morgan fingerprint density at radius 1 is 1.64 bits per heavy atom. The number of rotatable bonds is 2. The van der Waals surface area contributed by atoms with E-state index in [4.69, 9.17) is 0 Å². The summed E-state index contributed by atoms with van der Waals surface area (Å²) in [5, 5.41) is 0. The molecule has 1 aliphatic carbocycles. The van der Waals surface area contributed by atoms with Crippen molar-refractivity contribution < 1.29 is 4.79 Å². The molecular formula is C9H10OTe. The Bertz CT molecular complexity index is 244. The Hall–Kier alpha value is -0.280. The van der Waals surface area contributed by atoms with Crippen molar-refractivity contribution in [2.24, 2.45) is 0 Å². The van der Waals surface area contributed by atoms with E-state index >= 15 is 0 Å². The van der Waals surface area contributed by atoms with Gasteiger partial charge in [0.2, 0.25) is 0 Å². The molecule has 0 heterocycles. The van der Waals surface area contributed by atoms with Crippen LogP contribution in [0.3, 0.4) is 0 Å². The number of hydrogen-bond donors (Lipinski definition) is 0. The molecule has 58 valence electrons. The average molecular weight is 262 g/mol. The van der Waals surface area contributed by atoms with Crippen LogP contribution in [0.1, 0.15) is 6.42 Å². The molecule has 11 heavy (non-hydrogen) atoms. The molecule has 0 atom stereocenters. The zero-order valence-electron chi connectivity index (χ0n) is 6.46. The fraction of sp³-hybridized carbons (Fsp3) is 0.333. The normalized spacial score (nSPS) is 16.1. The van der Waals surface area contributed by atoms with Gasteiger partial charge in [-0.1, -0.05) is 0 Å². The minimum absolute atomic E-state index is 0.185. The molecule has 0 radical (unpaired) electrons. The molecule has 0 spiro atoms. The van der Waals surface area contributed by atoms with Gasteiger partial charge in [-0.25, -0.2) is 0 Å². The summed E-state index contributed by atoms with van der Waals surface area (Å²) in [5.74, 6) is 1.91. The van der Waals surface area contributed by atoms with Crippen LogP contribution < -0.4 is 0 Å². The van der Waals surface area contributed by atoms with Crippen molar-refractivity contribution in [3.8, 4) is 0 Å². The summed E-state index contributed by atoms with van der Waals surface area (Å²) in [6, 6.07) is 0. The van der Waals surface area contributed by atoms with Gasteiger partial charge in [-0.3, -0.25) is 0 Å². The van der Waals surface area contributed by atoms with Crippen molar-refractivity contribution in [3.63, 3.8) is 0 Å². The minimum atomic E-state index is 0.185. The zero-order chi connectivity index (χ0) is 8.10. The van der Waals surface area contributed by atoms with E-state index in [9.17, 15) is 4.79 Å². The first kappa shape index (κ1) is 8.81. The van der Waals surface area contributed by atoms with E-state index in [-0.39, 0.29) is 20.9 Å². The van der Waals surface area contributed by atoms with Gasteiger partial charge in [-0.2, -0.15) is 0 Å². The van der Waals surface area contributed by atoms with Gasteiger partial charge in [0.15, 0.2) is 0 Å². The average Bonchev–Trinajstić information content (AvgIpc) is 2.07. The van der Waals surface area contributed by atoms with Crippen LogP contribution in [-0.4, -0.2) is 26.9 Å². The van der Waals surface area contributed by atoms with Gasteiger partial charge in [0.1, 0.15) is 0 Å². The maximum atomic E-state index is 10.2. The molecule has 0 fully saturated rings. The third kappa shape index (κ3) is 2.67. The quantitative estimate of drug-likeness (QED) is 0.547. The molecule has 0 saturated carbocycles. The number of hydrogen-bond acceptors (Lipinski definition) is 1. The first-order valence-electron chi connectivity index (χ1n) is 3.47. The number of carbonyl (C=O) groups excluding carboxylic acids is 1. The van der Waals surface area contributed by atoms with E-state index in [1.807, 2.05) is 18.1 Å². The van der Waals surface area contributed by atoms with Gasteiger partial charge in [0.05, 0.1) is 0 Å². The second-order valence-electron chi connectivity index (χ2n) is 2.38. The van der Waals surface area contributed by atoms with Crippen LogP contribution in [0.15, 0.2) is 29.4 Å². The Morgan fingerprint density at radius 3 is 2.91 bits per heavy atom. The molecule has 0 amide bonds. The van der Waals surface area contributed by atoms with Crippen LogP contribution in [0.4, 0.5) is 0 Å². The molecule has 1 nitrogen and oxygen atoms in total. The summed E-state index contributed by atoms with van der Waals surface area (Å²) in [7, 11) is 0. The summed E-state index contributed by atoms with van der Waals surface area (Å²) in [4.78, 5) is 12.5. The van der Waals surface area contributed by atoms with Crippen LogP contribution in [0, 0.1) is 0 Å². The molecule has 0 aromatic carbocycles. The van der Waals surface area contributed by atoms with Gasteiger partial charge in [-0.05, 0) is 0 Å². The molecule has 0 saturated heterocycles. The summed E-state index contributed by atoms with van der Waals surface area (Å²) >= 11 is 0.185. The van der Waals surface area contributed by atoms with Gasteiger partial charge in [-0.15, -0.1) is 0 Å². The van der Waals surface area contributed by atoms with Crippen molar-refractivity contribution in [1.82, 2.24) is 0 Å². The fourth-order valence-corrected chi connectivity index (χ4v) is 2.50. The molecule has 0 unspecified atom stereocenters. The standard InChI is InChI=1S/C9H10OTe/c1-11-7-9-4-2-8(6-10)3-5-9/h2,4-5H,3,7H2,1H3. The van der Waals surface area contributed by atoms with E-state index in [2.05, 4.69) is 11.0 Å². The van der Waals surface area contributed by atoms with E-state index in [0.717, 1.165) is 12.0 Å². The van der Waals surface area contributed by atoms with Gasteiger partial charge < -0.3 is 0 Å².